The molecular formula is C16H13F2N3O3S. The highest BCUT2D eigenvalue weighted by molar-refractivity contribution is 7.92. The van der Waals surface area contributed by atoms with Gasteiger partial charge in [0.05, 0.1) is 17.5 Å². The maximum atomic E-state index is 13.6. The monoisotopic (exact) mass is 365 g/mol. The summed E-state index contributed by atoms with van der Waals surface area (Å²) in [5.41, 5.74) is -0.635. The van der Waals surface area contributed by atoms with Gasteiger partial charge in [-0.15, -0.1) is 0 Å². The molecule has 6 nitrogen and oxygen atoms in total. The normalized spacial score (nSPS) is 10.8. The van der Waals surface area contributed by atoms with Gasteiger partial charge in [0.25, 0.3) is 0 Å². The lowest BCUT2D eigenvalue weighted by atomic mass is 10.2. The third-order valence-corrected chi connectivity index (χ3v) is 4.33. The van der Waals surface area contributed by atoms with Crippen molar-refractivity contribution in [2.24, 2.45) is 0 Å². The zero-order valence-electron chi connectivity index (χ0n) is 13.0. The SMILES string of the molecule is CS(=O)(=O)N(CC(=O)Nc1c(F)cccc1F)c1ccccc1C#N. The Bertz CT molecular complexity index is 935. The van der Waals surface area contributed by atoms with Crippen LogP contribution in [0.1, 0.15) is 5.56 Å². The molecule has 0 heterocycles. The number of hydrogen-bond donors (Lipinski definition) is 1. The first-order chi connectivity index (χ1) is 11.7. The first-order valence-electron chi connectivity index (χ1n) is 6.94. The van der Waals surface area contributed by atoms with Crippen molar-refractivity contribution in [2.75, 3.05) is 22.4 Å². The molecule has 0 aliphatic rings. The summed E-state index contributed by atoms with van der Waals surface area (Å²) in [7, 11) is -3.92. The van der Waals surface area contributed by atoms with Gasteiger partial charge in [0.2, 0.25) is 15.9 Å². The number of benzene rings is 2. The molecule has 0 fully saturated rings. The van der Waals surface area contributed by atoms with Crippen LogP contribution in [0.2, 0.25) is 0 Å². The summed E-state index contributed by atoms with van der Waals surface area (Å²) < 4.78 is 51.9. The first-order valence-corrected chi connectivity index (χ1v) is 8.79. The van der Waals surface area contributed by atoms with Crippen LogP contribution in [-0.4, -0.2) is 27.1 Å². The Morgan fingerprint density at radius 3 is 2.32 bits per heavy atom. The minimum atomic E-state index is -3.92. The number of carbonyl (C=O) groups excluding carboxylic acids is 1. The Morgan fingerprint density at radius 2 is 1.76 bits per heavy atom. The molecule has 0 spiro atoms. The molecule has 0 atom stereocenters. The average Bonchev–Trinajstić information content (AvgIpc) is 2.55. The van der Waals surface area contributed by atoms with Crippen molar-refractivity contribution in [2.45, 2.75) is 0 Å². The summed E-state index contributed by atoms with van der Waals surface area (Å²) >= 11 is 0. The lowest BCUT2D eigenvalue weighted by molar-refractivity contribution is -0.114. The summed E-state index contributed by atoms with van der Waals surface area (Å²) in [6, 6.07) is 10.7. The van der Waals surface area contributed by atoms with Crippen LogP contribution in [0.5, 0.6) is 0 Å². The van der Waals surface area contributed by atoms with Crippen molar-refractivity contribution in [3.63, 3.8) is 0 Å². The number of nitrogens with one attached hydrogen (secondary N) is 1. The summed E-state index contributed by atoms with van der Waals surface area (Å²) in [5.74, 6) is -2.93. The van der Waals surface area contributed by atoms with Crippen molar-refractivity contribution in [1.29, 1.82) is 5.26 Å². The summed E-state index contributed by atoms with van der Waals surface area (Å²) in [5, 5.41) is 11.1. The lowest BCUT2D eigenvalue weighted by Gasteiger charge is -2.22. The Hall–Kier alpha value is -2.99. The van der Waals surface area contributed by atoms with Gasteiger partial charge < -0.3 is 5.32 Å². The number of para-hydroxylation sites is 2. The topological polar surface area (TPSA) is 90.3 Å². The number of sulfonamides is 1. The van der Waals surface area contributed by atoms with Crippen LogP contribution >= 0.6 is 0 Å². The molecule has 2 rings (SSSR count). The van der Waals surface area contributed by atoms with E-state index < -0.39 is 39.8 Å². The van der Waals surface area contributed by atoms with E-state index in [4.69, 9.17) is 5.26 Å². The van der Waals surface area contributed by atoms with Gasteiger partial charge in [0, 0.05) is 0 Å². The first kappa shape index (κ1) is 18.4. The molecule has 0 aliphatic carbocycles. The fourth-order valence-electron chi connectivity index (χ4n) is 2.09. The minimum absolute atomic E-state index is 0.00310. The average molecular weight is 365 g/mol. The highest BCUT2D eigenvalue weighted by Crippen LogP contribution is 2.23. The van der Waals surface area contributed by atoms with Gasteiger partial charge in [-0.1, -0.05) is 18.2 Å². The second-order valence-corrected chi connectivity index (χ2v) is 6.95. The molecule has 25 heavy (non-hydrogen) atoms. The Balaban J connectivity index is 2.33. The zero-order valence-corrected chi connectivity index (χ0v) is 13.8. The van der Waals surface area contributed by atoms with Crippen LogP contribution in [0.3, 0.4) is 0 Å². The van der Waals surface area contributed by atoms with E-state index in [9.17, 15) is 22.0 Å². The van der Waals surface area contributed by atoms with Crippen molar-refractivity contribution < 1.29 is 22.0 Å². The molecule has 0 aliphatic heterocycles. The number of nitrogens with zero attached hydrogens (tertiary/aromatic N) is 2. The minimum Gasteiger partial charge on any atom is -0.320 e. The summed E-state index contributed by atoms with van der Waals surface area (Å²) in [6.07, 6.45) is 0.859. The van der Waals surface area contributed by atoms with E-state index in [1.54, 1.807) is 0 Å². The number of nitriles is 1. The van der Waals surface area contributed by atoms with Gasteiger partial charge in [0.15, 0.2) is 0 Å². The van der Waals surface area contributed by atoms with Crippen LogP contribution < -0.4 is 9.62 Å². The molecule has 9 heteroatoms. The molecule has 1 N–H and O–H groups in total. The van der Waals surface area contributed by atoms with E-state index in [0.29, 0.717) is 4.31 Å². The van der Waals surface area contributed by atoms with E-state index in [2.05, 4.69) is 0 Å². The Labute approximate surface area is 143 Å². The van der Waals surface area contributed by atoms with Crippen LogP contribution in [-0.2, 0) is 14.8 Å². The second kappa shape index (κ2) is 7.27. The highest BCUT2D eigenvalue weighted by Gasteiger charge is 2.24. The smallest absolute Gasteiger partial charge is 0.245 e. The third-order valence-electron chi connectivity index (χ3n) is 3.21. The maximum absolute atomic E-state index is 13.6. The molecule has 1 amide bonds. The molecule has 2 aromatic carbocycles. The van der Waals surface area contributed by atoms with Crippen molar-refractivity contribution in [3.8, 4) is 6.07 Å². The molecule has 0 bridgehead atoms. The van der Waals surface area contributed by atoms with Crippen molar-refractivity contribution in [3.05, 3.63) is 59.7 Å². The van der Waals surface area contributed by atoms with Gasteiger partial charge in [0.1, 0.15) is 29.9 Å². The van der Waals surface area contributed by atoms with Gasteiger partial charge in [-0.2, -0.15) is 5.26 Å². The van der Waals surface area contributed by atoms with Crippen LogP contribution in [0.25, 0.3) is 0 Å². The number of rotatable bonds is 5. The molecule has 0 saturated heterocycles. The van der Waals surface area contributed by atoms with Crippen LogP contribution in [0, 0.1) is 23.0 Å². The summed E-state index contributed by atoms with van der Waals surface area (Å²) in [4.78, 5) is 12.1. The molecular weight excluding hydrogens is 352 g/mol. The predicted octanol–water partition coefficient (Wildman–Crippen LogP) is 2.24. The fourth-order valence-corrected chi connectivity index (χ4v) is 2.96. The molecule has 0 radical (unpaired) electrons. The standard InChI is InChI=1S/C16H13F2N3O3S/c1-25(23,24)21(14-8-3-2-5-11(14)9-19)10-15(22)20-16-12(17)6-4-7-13(16)18/h2-8H,10H2,1H3,(H,20,22). The highest BCUT2D eigenvalue weighted by atomic mass is 32.2. The van der Waals surface area contributed by atoms with E-state index >= 15 is 0 Å². The predicted molar refractivity (Wildman–Crippen MR) is 88.3 cm³/mol. The molecule has 130 valence electrons. The number of anilines is 2. The number of carbonyl (C=O) groups is 1. The number of amides is 1. The van der Waals surface area contributed by atoms with Gasteiger partial charge in [-0.3, -0.25) is 9.10 Å². The second-order valence-electron chi connectivity index (χ2n) is 5.04. The molecule has 0 unspecified atom stereocenters. The maximum Gasteiger partial charge on any atom is 0.245 e. The molecule has 0 saturated carbocycles. The molecule has 0 aromatic heterocycles. The molecule has 2 aromatic rings. The lowest BCUT2D eigenvalue weighted by Crippen LogP contribution is -2.38. The Morgan fingerprint density at radius 1 is 1.16 bits per heavy atom. The largest absolute Gasteiger partial charge is 0.320 e. The zero-order chi connectivity index (χ0) is 18.6. The summed E-state index contributed by atoms with van der Waals surface area (Å²) in [6.45, 7) is -0.745. The Kier molecular flexibility index (Phi) is 5.34. The fraction of sp³-hybridized carbons (Fsp3) is 0.125. The van der Waals surface area contributed by atoms with E-state index in [1.165, 1.54) is 24.3 Å². The quantitative estimate of drug-likeness (QED) is 0.880. The third kappa shape index (κ3) is 4.30. The van der Waals surface area contributed by atoms with E-state index in [-0.39, 0.29) is 11.3 Å². The van der Waals surface area contributed by atoms with Crippen LogP contribution in [0.4, 0.5) is 20.2 Å². The van der Waals surface area contributed by atoms with Gasteiger partial charge >= 0.3 is 0 Å². The van der Waals surface area contributed by atoms with E-state index in [0.717, 1.165) is 24.5 Å². The van der Waals surface area contributed by atoms with E-state index in [1.807, 2.05) is 11.4 Å². The van der Waals surface area contributed by atoms with Gasteiger partial charge in [-0.05, 0) is 24.3 Å². The van der Waals surface area contributed by atoms with Crippen molar-refractivity contribution in [1.82, 2.24) is 0 Å². The number of halogens is 2. The van der Waals surface area contributed by atoms with Crippen molar-refractivity contribution >= 4 is 27.3 Å². The number of hydrogen-bond acceptors (Lipinski definition) is 4. The van der Waals surface area contributed by atoms with Crippen LogP contribution in [0.15, 0.2) is 42.5 Å². The van der Waals surface area contributed by atoms with Gasteiger partial charge in [-0.25, -0.2) is 17.2 Å².